The third kappa shape index (κ3) is 5.08. The van der Waals surface area contributed by atoms with Gasteiger partial charge in [0.1, 0.15) is 11.4 Å². The molecule has 0 radical (unpaired) electrons. The van der Waals surface area contributed by atoms with Crippen LogP contribution in [0.5, 0.6) is 5.88 Å². The number of hydrogen-bond donors (Lipinski definition) is 1. The zero-order valence-corrected chi connectivity index (χ0v) is 19.4. The van der Waals surface area contributed by atoms with Gasteiger partial charge in [0, 0.05) is 18.8 Å². The molecule has 3 aromatic heterocycles. The Hall–Kier alpha value is -3.43. The Morgan fingerprint density at radius 2 is 1.89 bits per heavy atom. The van der Waals surface area contributed by atoms with Crippen molar-refractivity contribution in [3.63, 3.8) is 0 Å². The van der Waals surface area contributed by atoms with Gasteiger partial charge in [0.25, 0.3) is 5.91 Å². The van der Waals surface area contributed by atoms with Gasteiger partial charge in [-0.25, -0.2) is 17.9 Å². The van der Waals surface area contributed by atoms with Gasteiger partial charge in [0.2, 0.25) is 5.88 Å². The molecule has 0 unspecified atom stereocenters. The van der Waals surface area contributed by atoms with Crippen LogP contribution in [-0.4, -0.2) is 70.1 Å². The lowest BCUT2D eigenvalue weighted by Crippen LogP contribution is -2.41. The van der Waals surface area contributed by atoms with Crippen LogP contribution in [-0.2, 0) is 9.84 Å². The van der Waals surface area contributed by atoms with Crippen LogP contribution in [0.25, 0.3) is 16.9 Å². The maximum atomic E-state index is 13.1. The van der Waals surface area contributed by atoms with Gasteiger partial charge in [-0.2, -0.15) is 27.1 Å². The standard InChI is InChI=1S/C20H19F5N6O4S/c1-2-36(33,34)18-15(12-5-6-14(29-28-12)35-10-19(21,22)20(23,24)25)16-26-8-7-13(31(16)30-18)17(32)27-9-11-3-4-11/h5-8,11H,2-4,9-10H2,1H3,(H,27,32). The summed E-state index contributed by atoms with van der Waals surface area (Å²) in [6, 6.07) is 3.42. The lowest BCUT2D eigenvalue weighted by Gasteiger charge is -2.19. The number of nitrogens with one attached hydrogen (secondary N) is 1. The minimum Gasteiger partial charge on any atom is -0.470 e. The molecule has 194 valence electrons. The van der Waals surface area contributed by atoms with Crippen molar-refractivity contribution >= 4 is 21.4 Å². The minimum atomic E-state index is -5.81. The van der Waals surface area contributed by atoms with E-state index in [2.05, 4.69) is 30.3 Å². The van der Waals surface area contributed by atoms with Crippen molar-refractivity contribution in [1.82, 2.24) is 30.1 Å². The predicted octanol–water partition coefficient (Wildman–Crippen LogP) is 2.70. The molecule has 1 aliphatic carbocycles. The summed E-state index contributed by atoms with van der Waals surface area (Å²) < 4.78 is 94.3. The summed E-state index contributed by atoms with van der Waals surface area (Å²) in [5, 5.41) is 13.6. The van der Waals surface area contributed by atoms with Gasteiger partial charge in [0.05, 0.1) is 11.3 Å². The molecule has 36 heavy (non-hydrogen) atoms. The number of alkyl halides is 5. The summed E-state index contributed by atoms with van der Waals surface area (Å²) in [7, 11) is -3.98. The third-order valence-corrected chi connectivity index (χ3v) is 6.99. The zero-order chi connectivity index (χ0) is 26.3. The molecule has 1 fully saturated rings. The highest BCUT2D eigenvalue weighted by atomic mass is 32.2. The second-order valence-electron chi connectivity index (χ2n) is 8.05. The molecule has 1 saturated carbocycles. The molecule has 1 N–H and O–H groups in total. The Balaban J connectivity index is 1.71. The maximum absolute atomic E-state index is 13.1. The highest BCUT2D eigenvalue weighted by molar-refractivity contribution is 7.91. The van der Waals surface area contributed by atoms with Crippen LogP contribution in [0, 0.1) is 5.92 Å². The Bertz CT molecular complexity index is 1390. The number of carbonyl (C=O) groups is 1. The highest BCUT2D eigenvalue weighted by Crippen LogP contribution is 2.36. The van der Waals surface area contributed by atoms with Crippen LogP contribution < -0.4 is 10.1 Å². The first-order valence-corrected chi connectivity index (χ1v) is 12.3. The van der Waals surface area contributed by atoms with Gasteiger partial charge >= 0.3 is 12.1 Å². The second kappa shape index (κ2) is 9.22. The molecule has 0 atom stereocenters. The molecule has 0 aliphatic heterocycles. The van der Waals surface area contributed by atoms with E-state index in [1.54, 1.807) is 0 Å². The molecule has 1 amide bonds. The number of rotatable bonds is 9. The van der Waals surface area contributed by atoms with Crippen molar-refractivity contribution in [2.45, 2.75) is 36.9 Å². The Morgan fingerprint density at radius 1 is 1.17 bits per heavy atom. The van der Waals surface area contributed by atoms with E-state index in [1.807, 2.05) is 0 Å². The fourth-order valence-corrected chi connectivity index (χ4v) is 4.09. The maximum Gasteiger partial charge on any atom is 0.456 e. The average molecular weight is 534 g/mol. The number of ether oxygens (including phenoxy) is 1. The summed E-state index contributed by atoms with van der Waals surface area (Å²) in [5.41, 5.74) is -0.280. The highest BCUT2D eigenvalue weighted by Gasteiger charge is 2.58. The van der Waals surface area contributed by atoms with Gasteiger partial charge in [-0.15, -0.1) is 10.2 Å². The van der Waals surface area contributed by atoms with Crippen LogP contribution in [0.2, 0.25) is 0 Å². The van der Waals surface area contributed by atoms with E-state index in [-0.39, 0.29) is 28.4 Å². The number of aromatic nitrogens is 5. The Labute approximate surface area is 200 Å². The summed E-state index contributed by atoms with van der Waals surface area (Å²) in [5.74, 6) is -6.22. The van der Waals surface area contributed by atoms with E-state index in [9.17, 15) is 35.2 Å². The normalized spacial score (nSPS) is 14.7. The van der Waals surface area contributed by atoms with Crippen LogP contribution in [0.15, 0.2) is 29.4 Å². The molecule has 16 heteroatoms. The van der Waals surface area contributed by atoms with E-state index in [4.69, 9.17) is 0 Å². The van der Waals surface area contributed by atoms with Crippen LogP contribution in [0.4, 0.5) is 22.0 Å². The lowest BCUT2D eigenvalue weighted by molar-refractivity contribution is -0.290. The number of nitrogens with zero attached hydrogens (tertiary/aromatic N) is 5. The topological polar surface area (TPSA) is 128 Å². The fourth-order valence-electron chi connectivity index (χ4n) is 3.10. The SMILES string of the molecule is CCS(=O)(=O)c1nn2c(C(=O)NCC3CC3)ccnc2c1-c1ccc(OCC(F)(F)C(F)(F)F)nn1. The minimum absolute atomic E-state index is 0.0155. The van der Waals surface area contributed by atoms with Crippen molar-refractivity contribution in [1.29, 1.82) is 0 Å². The number of carbonyl (C=O) groups excluding carboxylic acids is 1. The van der Waals surface area contributed by atoms with E-state index >= 15 is 0 Å². The van der Waals surface area contributed by atoms with E-state index in [0.29, 0.717) is 12.5 Å². The van der Waals surface area contributed by atoms with Gasteiger partial charge in [-0.1, -0.05) is 6.92 Å². The van der Waals surface area contributed by atoms with Crippen molar-refractivity contribution < 1.29 is 39.9 Å². The van der Waals surface area contributed by atoms with Gasteiger partial charge < -0.3 is 10.1 Å². The number of halogens is 5. The van der Waals surface area contributed by atoms with Crippen LogP contribution >= 0.6 is 0 Å². The van der Waals surface area contributed by atoms with Gasteiger partial charge in [0.15, 0.2) is 27.1 Å². The summed E-state index contributed by atoms with van der Waals surface area (Å²) in [4.78, 5) is 16.8. The van der Waals surface area contributed by atoms with Crippen LogP contribution in [0.1, 0.15) is 30.3 Å². The third-order valence-electron chi connectivity index (χ3n) is 5.35. The molecule has 1 aliphatic rings. The molecule has 3 aromatic rings. The number of sulfone groups is 1. The van der Waals surface area contributed by atoms with Crippen LogP contribution in [0.3, 0.4) is 0 Å². The van der Waals surface area contributed by atoms with E-state index in [0.717, 1.165) is 29.5 Å². The molecular formula is C20H19F5N6O4S. The van der Waals surface area contributed by atoms with Crippen molar-refractivity contribution in [3.05, 3.63) is 30.1 Å². The number of amides is 1. The first-order valence-electron chi connectivity index (χ1n) is 10.6. The Morgan fingerprint density at radius 3 is 2.47 bits per heavy atom. The Kier molecular flexibility index (Phi) is 6.57. The molecule has 0 saturated heterocycles. The molecule has 0 spiro atoms. The zero-order valence-electron chi connectivity index (χ0n) is 18.6. The molecule has 0 aromatic carbocycles. The number of hydrogen-bond acceptors (Lipinski definition) is 8. The monoisotopic (exact) mass is 534 g/mol. The fraction of sp³-hybridized carbons (Fsp3) is 0.450. The second-order valence-corrected chi connectivity index (χ2v) is 10.2. The summed E-state index contributed by atoms with van der Waals surface area (Å²) in [6.07, 6.45) is -2.53. The number of fused-ring (bicyclic) bond motifs is 1. The predicted molar refractivity (Wildman–Crippen MR) is 113 cm³/mol. The van der Waals surface area contributed by atoms with Gasteiger partial charge in [-0.3, -0.25) is 4.79 Å². The molecule has 4 rings (SSSR count). The molecular weight excluding hydrogens is 515 g/mol. The molecule has 3 heterocycles. The quantitative estimate of drug-likeness (QED) is 0.415. The van der Waals surface area contributed by atoms with Crippen molar-refractivity contribution in [3.8, 4) is 17.1 Å². The summed E-state index contributed by atoms with van der Waals surface area (Å²) >= 11 is 0. The van der Waals surface area contributed by atoms with E-state index < -0.39 is 45.4 Å². The van der Waals surface area contributed by atoms with Gasteiger partial charge in [-0.05, 0) is 30.9 Å². The van der Waals surface area contributed by atoms with Crippen molar-refractivity contribution in [2.75, 3.05) is 18.9 Å². The smallest absolute Gasteiger partial charge is 0.456 e. The van der Waals surface area contributed by atoms with E-state index in [1.165, 1.54) is 19.2 Å². The first-order chi connectivity index (χ1) is 16.8. The molecule has 10 nitrogen and oxygen atoms in total. The lowest BCUT2D eigenvalue weighted by atomic mass is 10.2. The average Bonchev–Trinajstić information content (AvgIpc) is 3.58. The summed E-state index contributed by atoms with van der Waals surface area (Å²) in [6.45, 7) is -0.182. The first kappa shape index (κ1) is 25.7. The molecule has 0 bridgehead atoms. The van der Waals surface area contributed by atoms with Crippen molar-refractivity contribution in [2.24, 2.45) is 5.92 Å². The largest absolute Gasteiger partial charge is 0.470 e.